The molecule has 0 spiro atoms. The van der Waals surface area contributed by atoms with Crippen molar-refractivity contribution in [3.8, 4) is 0 Å². The molecule has 2 aliphatic heterocycles. The van der Waals surface area contributed by atoms with Gasteiger partial charge in [-0.1, -0.05) is 11.3 Å². The number of aromatic nitrogens is 1. The van der Waals surface area contributed by atoms with Crippen LogP contribution in [0.25, 0.3) is 9.53 Å². The van der Waals surface area contributed by atoms with Crippen molar-refractivity contribution in [3.63, 3.8) is 0 Å². The molecule has 0 N–H and O–H groups in total. The number of hydrogen-bond donors (Lipinski definition) is 0. The summed E-state index contributed by atoms with van der Waals surface area (Å²) in [4.78, 5) is 23.0. The number of carbonyl (C=O) groups excluding carboxylic acids is 1. The van der Waals surface area contributed by atoms with Crippen molar-refractivity contribution in [1.29, 1.82) is 0 Å². The predicted molar refractivity (Wildman–Crippen MR) is 96.4 cm³/mol. The normalized spacial score (nSPS) is 22.8. The topological polar surface area (TPSA) is 54.9 Å². The molecule has 24 heavy (non-hydrogen) atoms. The van der Waals surface area contributed by atoms with Crippen molar-refractivity contribution < 1.29 is 14.3 Å². The summed E-state index contributed by atoms with van der Waals surface area (Å²) in [6, 6.07) is 3.00. The van der Waals surface area contributed by atoms with Gasteiger partial charge in [-0.2, -0.15) is 0 Å². The number of fused-ring (bicyclic) bond motifs is 1. The van der Waals surface area contributed by atoms with Gasteiger partial charge in [-0.25, -0.2) is 9.78 Å². The van der Waals surface area contributed by atoms with Crippen LogP contribution in [-0.2, 0) is 9.47 Å². The maximum atomic E-state index is 11.8. The van der Waals surface area contributed by atoms with Crippen LogP contribution >= 0.6 is 22.7 Å². The molecule has 2 aromatic heterocycles. The van der Waals surface area contributed by atoms with Crippen LogP contribution in [0.4, 0.5) is 5.13 Å². The molecule has 0 aliphatic carbocycles. The second-order valence-corrected chi connectivity index (χ2v) is 8.26. The van der Waals surface area contributed by atoms with Gasteiger partial charge in [0.1, 0.15) is 9.71 Å². The molecule has 1 atom stereocenters. The van der Waals surface area contributed by atoms with Gasteiger partial charge in [0.15, 0.2) is 5.13 Å². The van der Waals surface area contributed by atoms with Gasteiger partial charge in [0.05, 0.1) is 30.6 Å². The number of thiophene rings is 1. The van der Waals surface area contributed by atoms with Crippen LogP contribution in [-0.4, -0.2) is 67.4 Å². The van der Waals surface area contributed by atoms with Crippen molar-refractivity contribution in [2.75, 3.05) is 44.4 Å². The van der Waals surface area contributed by atoms with Gasteiger partial charge in [0.2, 0.25) is 0 Å². The van der Waals surface area contributed by atoms with Crippen LogP contribution in [0.1, 0.15) is 23.5 Å². The van der Waals surface area contributed by atoms with Gasteiger partial charge < -0.3 is 14.4 Å². The smallest absolute Gasteiger partial charge is 0.348 e. The summed E-state index contributed by atoms with van der Waals surface area (Å²) < 4.78 is 11.5. The Morgan fingerprint density at radius 3 is 2.88 bits per heavy atom. The molecule has 4 heterocycles. The third-order valence-corrected chi connectivity index (χ3v) is 6.79. The first kappa shape index (κ1) is 16.3. The molecule has 2 aliphatic rings. The number of carbonyl (C=O) groups is 1. The van der Waals surface area contributed by atoms with Crippen molar-refractivity contribution in [2.24, 2.45) is 0 Å². The minimum Gasteiger partial charge on any atom is -0.462 e. The largest absolute Gasteiger partial charge is 0.462 e. The highest BCUT2D eigenvalue weighted by atomic mass is 32.1. The highest BCUT2D eigenvalue weighted by Gasteiger charge is 2.34. The number of hydrogen-bond acceptors (Lipinski definition) is 8. The molecule has 0 radical (unpaired) electrons. The molecule has 0 unspecified atom stereocenters. The maximum absolute atomic E-state index is 11.8. The Bertz CT molecular complexity index is 709. The molecule has 0 saturated carbocycles. The van der Waals surface area contributed by atoms with E-state index in [1.54, 1.807) is 11.3 Å². The Hall–Kier alpha value is -1.22. The molecular weight excluding hydrogens is 346 g/mol. The Kier molecular flexibility index (Phi) is 4.46. The highest BCUT2D eigenvalue weighted by Crippen LogP contribution is 2.36. The summed E-state index contributed by atoms with van der Waals surface area (Å²) in [5.74, 6) is -0.251. The Labute approximate surface area is 149 Å². The van der Waals surface area contributed by atoms with E-state index in [1.165, 1.54) is 11.3 Å². The van der Waals surface area contributed by atoms with Crippen molar-refractivity contribution >= 4 is 43.3 Å². The number of esters is 1. The molecule has 2 aromatic rings. The van der Waals surface area contributed by atoms with Crippen molar-refractivity contribution in [1.82, 2.24) is 9.88 Å². The second kappa shape index (κ2) is 6.59. The molecule has 0 amide bonds. The summed E-state index contributed by atoms with van der Waals surface area (Å²) >= 11 is 3.09. The SMILES string of the molecule is CCOC(=O)c1cc2sc(N3CCN(C4COC4)[C@H](C)C3)nc2s1. The molecule has 8 heteroatoms. The number of piperazine rings is 1. The van der Waals surface area contributed by atoms with E-state index in [0.717, 1.165) is 47.5 Å². The average Bonchev–Trinajstić information content (AvgIpc) is 3.06. The van der Waals surface area contributed by atoms with E-state index in [0.29, 0.717) is 23.6 Å². The lowest BCUT2D eigenvalue weighted by molar-refractivity contribution is -0.0792. The number of ether oxygens (including phenoxy) is 2. The van der Waals surface area contributed by atoms with Gasteiger partial charge in [0, 0.05) is 25.7 Å². The molecule has 0 bridgehead atoms. The summed E-state index contributed by atoms with van der Waals surface area (Å²) in [5.41, 5.74) is 0. The first-order chi connectivity index (χ1) is 11.7. The van der Waals surface area contributed by atoms with Crippen molar-refractivity contribution in [2.45, 2.75) is 25.9 Å². The first-order valence-corrected chi connectivity index (χ1v) is 9.95. The zero-order chi connectivity index (χ0) is 16.7. The third kappa shape index (κ3) is 2.92. The Morgan fingerprint density at radius 1 is 1.42 bits per heavy atom. The summed E-state index contributed by atoms with van der Waals surface area (Å²) in [7, 11) is 0. The summed E-state index contributed by atoms with van der Waals surface area (Å²) in [5, 5.41) is 1.06. The number of thiazole rings is 1. The van der Waals surface area contributed by atoms with E-state index in [-0.39, 0.29) is 5.97 Å². The Morgan fingerprint density at radius 2 is 2.25 bits per heavy atom. The zero-order valence-corrected chi connectivity index (χ0v) is 15.5. The van der Waals surface area contributed by atoms with E-state index >= 15 is 0 Å². The van der Waals surface area contributed by atoms with Gasteiger partial charge in [-0.05, 0) is 19.9 Å². The minimum absolute atomic E-state index is 0.251. The second-order valence-electron chi connectivity index (χ2n) is 6.22. The molecule has 6 nitrogen and oxygen atoms in total. The molecule has 2 saturated heterocycles. The van der Waals surface area contributed by atoms with Crippen LogP contribution in [0, 0.1) is 0 Å². The van der Waals surface area contributed by atoms with E-state index in [4.69, 9.17) is 14.5 Å². The lowest BCUT2D eigenvalue weighted by atomic mass is 10.1. The maximum Gasteiger partial charge on any atom is 0.348 e. The molecular formula is C16H21N3O3S2. The molecule has 130 valence electrons. The van der Waals surface area contributed by atoms with Crippen LogP contribution < -0.4 is 4.90 Å². The monoisotopic (exact) mass is 367 g/mol. The average molecular weight is 367 g/mol. The van der Waals surface area contributed by atoms with Crippen LogP contribution in [0.3, 0.4) is 0 Å². The van der Waals surface area contributed by atoms with E-state index in [2.05, 4.69) is 16.7 Å². The zero-order valence-electron chi connectivity index (χ0n) is 13.9. The standard InChI is InChI=1S/C16H21N3O3S2/c1-3-22-15(20)13-6-12-14(23-13)17-16(24-12)18-4-5-19(10(2)7-18)11-8-21-9-11/h6,10-11H,3-5,7-9H2,1-2H3/t10-/m1/s1. The fourth-order valence-corrected chi connectivity index (χ4v) is 5.40. The third-order valence-electron chi connectivity index (χ3n) is 4.59. The molecule has 4 rings (SSSR count). The molecule has 0 aromatic carbocycles. The van der Waals surface area contributed by atoms with E-state index in [9.17, 15) is 4.79 Å². The number of anilines is 1. The number of nitrogens with zero attached hydrogens (tertiary/aromatic N) is 3. The highest BCUT2D eigenvalue weighted by molar-refractivity contribution is 7.29. The lowest BCUT2D eigenvalue weighted by Crippen LogP contribution is -2.60. The van der Waals surface area contributed by atoms with Gasteiger partial charge in [-0.3, -0.25) is 4.90 Å². The van der Waals surface area contributed by atoms with Crippen LogP contribution in [0.2, 0.25) is 0 Å². The Balaban J connectivity index is 1.46. The van der Waals surface area contributed by atoms with E-state index < -0.39 is 0 Å². The van der Waals surface area contributed by atoms with E-state index in [1.807, 2.05) is 13.0 Å². The van der Waals surface area contributed by atoms with Gasteiger partial charge in [0.25, 0.3) is 0 Å². The van der Waals surface area contributed by atoms with Gasteiger partial charge >= 0.3 is 5.97 Å². The number of rotatable bonds is 4. The van der Waals surface area contributed by atoms with Crippen LogP contribution in [0.15, 0.2) is 6.07 Å². The quantitative estimate of drug-likeness (QED) is 0.774. The van der Waals surface area contributed by atoms with Crippen molar-refractivity contribution in [3.05, 3.63) is 10.9 Å². The predicted octanol–water partition coefficient (Wildman–Crippen LogP) is 2.44. The van der Waals surface area contributed by atoms with Gasteiger partial charge in [-0.15, -0.1) is 11.3 Å². The van der Waals surface area contributed by atoms with Crippen LogP contribution in [0.5, 0.6) is 0 Å². The summed E-state index contributed by atoms with van der Waals surface area (Å²) in [6.45, 7) is 9.27. The first-order valence-electron chi connectivity index (χ1n) is 8.31. The fourth-order valence-electron chi connectivity index (χ4n) is 3.26. The fraction of sp³-hybridized carbons (Fsp3) is 0.625. The lowest BCUT2D eigenvalue weighted by Gasteiger charge is -2.46. The minimum atomic E-state index is -0.251. The molecule has 2 fully saturated rings. The summed E-state index contributed by atoms with van der Waals surface area (Å²) in [6.07, 6.45) is 0.